The van der Waals surface area contributed by atoms with Crippen LogP contribution in [-0.4, -0.2) is 143 Å². The fourth-order valence-electron chi connectivity index (χ4n) is 13.3. The third-order valence-corrected chi connectivity index (χ3v) is 16.4. The Bertz CT molecular complexity index is 1510. The van der Waals surface area contributed by atoms with E-state index in [1.165, 1.54) is 38.5 Å². The fourth-order valence-corrected chi connectivity index (χ4v) is 13.3. The number of hydrogen-bond acceptors (Lipinski definition) is 13. The van der Waals surface area contributed by atoms with Crippen LogP contribution in [0.15, 0.2) is 9.98 Å². The Morgan fingerprint density at radius 3 is 1.47 bits per heavy atom. The van der Waals surface area contributed by atoms with Crippen LogP contribution in [0.25, 0.3) is 0 Å². The van der Waals surface area contributed by atoms with Crippen molar-refractivity contribution in [2.75, 3.05) is 26.7 Å². The Morgan fingerprint density at radius 2 is 1.05 bits per heavy atom. The summed E-state index contributed by atoms with van der Waals surface area (Å²) in [6.45, 7) is 34.2. The molecule has 0 radical (unpaired) electrons. The normalized spacial score (nSPS) is 28.2. The Labute approximate surface area is 405 Å². The number of rotatable bonds is 15. The second kappa shape index (κ2) is 22.8. The number of likely N-dealkylation sites (tertiary alicyclic amines) is 1. The number of aliphatic hydroxyl groups excluding tert-OH is 1. The Kier molecular flexibility index (Phi) is 19.1. The van der Waals surface area contributed by atoms with E-state index in [9.17, 15) is 5.11 Å². The molecule has 1 unspecified atom stereocenters. The number of guanidine groups is 1. The van der Waals surface area contributed by atoms with E-state index in [2.05, 4.69) is 129 Å². The second-order valence-electron chi connectivity index (χ2n) is 25.4. The molecule has 4 aliphatic heterocycles. The van der Waals surface area contributed by atoms with Crippen LogP contribution >= 0.6 is 0 Å². The van der Waals surface area contributed by atoms with Crippen molar-refractivity contribution in [2.45, 2.75) is 302 Å². The molecule has 2 aliphatic carbocycles. The van der Waals surface area contributed by atoms with Crippen LogP contribution in [0.1, 0.15) is 232 Å². The van der Waals surface area contributed by atoms with E-state index in [1.807, 2.05) is 0 Å². The largest absolute Gasteiger partial charge is 0.396 e. The SMILES string of the molecule is CCCCN(C1=NC(N(CCCC)C2CC(C)(C)N(OC3CCCCC3)C(C)(C)C2)N(N)C(CCO)=N1)C1CC(C)(C)N(OC2CCCCC2)C(C)(C)C1.CN1C(C)(C)CC(N)CC1(C)C. The number of hydrogen-bond donors (Lipinski definition) is 3. The average molecular weight is 929 g/mol. The van der Waals surface area contributed by atoms with Gasteiger partial charge in [-0.1, -0.05) is 65.2 Å². The number of nitrogens with two attached hydrogens (primary N) is 2. The van der Waals surface area contributed by atoms with E-state index < -0.39 is 6.29 Å². The zero-order valence-corrected chi connectivity index (χ0v) is 45.4. The Hall–Kier alpha value is -1.42. The summed E-state index contributed by atoms with van der Waals surface area (Å²) >= 11 is 0. The van der Waals surface area contributed by atoms with Crippen molar-refractivity contribution in [3.63, 3.8) is 0 Å². The first-order valence-electron chi connectivity index (χ1n) is 27.0. The van der Waals surface area contributed by atoms with Crippen LogP contribution in [0, 0.1) is 0 Å². The van der Waals surface area contributed by atoms with Crippen LogP contribution in [0.4, 0.5) is 0 Å². The van der Waals surface area contributed by atoms with Crippen molar-refractivity contribution in [3.05, 3.63) is 0 Å². The van der Waals surface area contributed by atoms with Gasteiger partial charge in [-0.2, -0.15) is 15.1 Å². The maximum absolute atomic E-state index is 10.3. The van der Waals surface area contributed by atoms with Crippen LogP contribution in [0.5, 0.6) is 0 Å². The molecule has 13 heteroatoms. The highest BCUT2D eigenvalue weighted by atomic mass is 16.7. The maximum atomic E-state index is 10.3. The molecule has 0 aromatic rings. The zero-order chi connectivity index (χ0) is 48.9. The van der Waals surface area contributed by atoms with Crippen molar-refractivity contribution < 1.29 is 14.8 Å². The summed E-state index contributed by atoms with van der Waals surface area (Å²) in [5.41, 5.74) is 5.84. The molecular formula is C53H104N10O3. The number of piperidine rings is 3. The second-order valence-corrected chi connectivity index (χ2v) is 25.4. The summed E-state index contributed by atoms with van der Waals surface area (Å²) in [5, 5.41) is 16.8. The minimum Gasteiger partial charge on any atom is -0.396 e. The van der Waals surface area contributed by atoms with Gasteiger partial charge in [0.2, 0.25) is 5.96 Å². The van der Waals surface area contributed by atoms with Gasteiger partial charge in [-0.3, -0.25) is 24.5 Å². The molecule has 0 amide bonds. The molecule has 0 bridgehead atoms. The van der Waals surface area contributed by atoms with Gasteiger partial charge in [0.25, 0.3) is 0 Å². The van der Waals surface area contributed by atoms with Crippen LogP contribution < -0.4 is 11.6 Å². The summed E-state index contributed by atoms with van der Waals surface area (Å²) in [7, 11) is 2.20. The third-order valence-electron chi connectivity index (χ3n) is 16.4. The molecule has 6 aliphatic rings. The first kappa shape index (κ1) is 55.5. The molecule has 5 fully saturated rings. The highest BCUT2D eigenvalue weighted by Crippen LogP contribution is 2.45. The number of hydroxylamine groups is 4. The number of aliphatic imine (C=N–C) groups is 2. The van der Waals surface area contributed by atoms with Crippen molar-refractivity contribution in [1.82, 2.24) is 29.8 Å². The van der Waals surface area contributed by atoms with E-state index in [0.29, 0.717) is 30.5 Å². The van der Waals surface area contributed by atoms with E-state index in [-0.39, 0.29) is 51.9 Å². The van der Waals surface area contributed by atoms with Gasteiger partial charge in [-0.05, 0) is 167 Å². The number of hydrazine groups is 1. The van der Waals surface area contributed by atoms with E-state index in [0.717, 1.165) is 109 Å². The quantitative estimate of drug-likeness (QED) is 0.136. The van der Waals surface area contributed by atoms with Gasteiger partial charge < -0.3 is 15.7 Å². The third kappa shape index (κ3) is 13.7. The highest BCUT2D eigenvalue weighted by molar-refractivity contribution is 5.97. The smallest absolute Gasteiger partial charge is 0.225 e. The number of aliphatic hydroxyl groups is 1. The summed E-state index contributed by atoms with van der Waals surface area (Å²) < 4.78 is 0. The van der Waals surface area contributed by atoms with Gasteiger partial charge in [0.05, 0.1) is 18.8 Å². The van der Waals surface area contributed by atoms with Gasteiger partial charge in [-0.25, -0.2) is 10.8 Å². The van der Waals surface area contributed by atoms with E-state index in [4.69, 9.17) is 31.2 Å². The minimum absolute atomic E-state index is 0.00956. The molecule has 4 heterocycles. The lowest BCUT2D eigenvalue weighted by Gasteiger charge is -2.58. The lowest BCUT2D eigenvalue weighted by molar-refractivity contribution is -0.315. The predicted molar refractivity (Wildman–Crippen MR) is 275 cm³/mol. The van der Waals surface area contributed by atoms with Gasteiger partial charge in [0.1, 0.15) is 5.84 Å². The zero-order valence-electron chi connectivity index (χ0n) is 45.4. The van der Waals surface area contributed by atoms with Gasteiger partial charge in [-0.15, -0.1) is 0 Å². The maximum Gasteiger partial charge on any atom is 0.225 e. The molecule has 0 aromatic carbocycles. The molecule has 0 aromatic heterocycles. The summed E-state index contributed by atoms with van der Waals surface area (Å²) in [6, 6.07) is 0.841. The van der Waals surface area contributed by atoms with Gasteiger partial charge in [0.15, 0.2) is 6.29 Å². The van der Waals surface area contributed by atoms with Crippen molar-refractivity contribution >= 4 is 11.8 Å². The van der Waals surface area contributed by atoms with Gasteiger partial charge >= 0.3 is 0 Å². The molecule has 13 nitrogen and oxygen atoms in total. The van der Waals surface area contributed by atoms with Gasteiger partial charge in [0, 0.05) is 70.9 Å². The number of amidine groups is 1. The van der Waals surface area contributed by atoms with Crippen molar-refractivity contribution in [2.24, 2.45) is 21.6 Å². The molecule has 2 saturated carbocycles. The van der Waals surface area contributed by atoms with Crippen molar-refractivity contribution in [1.29, 1.82) is 0 Å². The molecule has 6 rings (SSSR count). The molecular weight excluding hydrogens is 825 g/mol. The summed E-state index contributed by atoms with van der Waals surface area (Å²) in [4.78, 5) is 32.1. The summed E-state index contributed by atoms with van der Waals surface area (Å²) in [6.07, 6.45) is 23.2. The molecule has 66 heavy (non-hydrogen) atoms. The Balaban J connectivity index is 0.000000590. The average Bonchev–Trinajstić information content (AvgIpc) is 3.21. The standard InChI is InChI=1S/C43H82N8O3.C10H22N2/c1-11-13-26-47(33-29-40(3,4)50(41(5,6)30-33)53-35-21-17-15-18-22-35)38-45-37(25-28-52)49(44)39(46-38)48(27-14-12-2)34-31-42(7,8)51(43(9,10)32-34)54-36-23-19-16-20-24-36;1-9(2)6-8(11)7-10(3,4)12(9)5/h33-36,39,52H,11-32,44H2,1-10H3;8H,6-7,11H2,1-5H3. The highest BCUT2D eigenvalue weighted by Gasteiger charge is 2.52. The molecule has 1 atom stereocenters. The number of unbranched alkanes of at least 4 members (excludes halogenated alkanes) is 2. The fraction of sp³-hybridized carbons (Fsp3) is 0.962. The molecule has 3 saturated heterocycles. The molecule has 384 valence electrons. The van der Waals surface area contributed by atoms with Crippen LogP contribution in [0.3, 0.4) is 0 Å². The predicted octanol–water partition coefficient (Wildman–Crippen LogP) is 9.97. The molecule has 5 N–H and O–H groups in total. The lowest BCUT2D eigenvalue weighted by atomic mass is 9.78. The Morgan fingerprint density at radius 1 is 0.621 bits per heavy atom. The van der Waals surface area contributed by atoms with Crippen LogP contribution in [0.2, 0.25) is 0 Å². The topological polar surface area (TPSA) is 135 Å². The summed E-state index contributed by atoms with van der Waals surface area (Å²) in [5.74, 6) is 8.56. The first-order chi connectivity index (χ1) is 30.8. The minimum atomic E-state index is -0.409. The molecule has 0 spiro atoms. The van der Waals surface area contributed by atoms with Crippen LogP contribution in [-0.2, 0) is 9.68 Å². The van der Waals surface area contributed by atoms with Crippen molar-refractivity contribution in [3.8, 4) is 0 Å². The van der Waals surface area contributed by atoms with E-state index >= 15 is 0 Å². The monoisotopic (exact) mass is 929 g/mol. The number of nitrogens with zero attached hydrogens (tertiary/aromatic N) is 8. The lowest BCUT2D eigenvalue weighted by Crippen LogP contribution is -2.68. The first-order valence-corrected chi connectivity index (χ1v) is 27.0. The van der Waals surface area contributed by atoms with E-state index in [1.54, 1.807) is 5.01 Å².